The third kappa shape index (κ3) is 2.81. The van der Waals surface area contributed by atoms with Gasteiger partial charge in [0.25, 0.3) is 5.92 Å². The van der Waals surface area contributed by atoms with Crippen molar-refractivity contribution in [1.29, 1.82) is 0 Å². The number of halogens is 2. The van der Waals surface area contributed by atoms with E-state index in [0.29, 0.717) is 18.8 Å². The molecule has 1 unspecified atom stereocenters. The van der Waals surface area contributed by atoms with Crippen LogP contribution in [0.15, 0.2) is 18.2 Å². The fourth-order valence-corrected chi connectivity index (χ4v) is 3.56. The molecule has 4 rings (SSSR count). The molecule has 0 bridgehead atoms. The van der Waals surface area contributed by atoms with Crippen LogP contribution in [-0.2, 0) is 4.74 Å². The first-order valence-corrected chi connectivity index (χ1v) is 8.56. The van der Waals surface area contributed by atoms with E-state index in [4.69, 9.17) is 15.6 Å². The van der Waals surface area contributed by atoms with E-state index in [-0.39, 0.29) is 19.1 Å². The molecule has 0 radical (unpaired) electrons. The first kappa shape index (κ1) is 15.6. The quantitative estimate of drug-likeness (QED) is 0.852. The molecule has 2 N–H and O–H groups in total. The molecule has 0 aliphatic carbocycles. The number of benzene rings is 1. The van der Waals surface area contributed by atoms with Crippen LogP contribution in [0.2, 0.25) is 0 Å². The van der Waals surface area contributed by atoms with Crippen LogP contribution < -0.4 is 10.6 Å². The Morgan fingerprint density at radius 1 is 1.21 bits per heavy atom. The van der Waals surface area contributed by atoms with Gasteiger partial charge in [-0.3, -0.25) is 0 Å². The summed E-state index contributed by atoms with van der Waals surface area (Å²) in [5, 5.41) is 5.65. The van der Waals surface area contributed by atoms with Crippen molar-refractivity contribution in [3.05, 3.63) is 18.2 Å². The van der Waals surface area contributed by atoms with Gasteiger partial charge in [-0.05, 0) is 37.5 Å². The van der Waals surface area contributed by atoms with Gasteiger partial charge in [-0.2, -0.15) is 5.10 Å². The van der Waals surface area contributed by atoms with Crippen molar-refractivity contribution < 1.29 is 13.5 Å². The van der Waals surface area contributed by atoms with Gasteiger partial charge in [0.05, 0.1) is 5.52 Å². The number of nitrogens with two attached hydrogens (primary N) is 1. The van der Waals surface area contributed by atoms with E-state index in [1.165, 1.54) is 0 Å². The average Bonchev–Trinajstić information content (AvgIpc) is 2.94. The molecule has 3 heterocycles. The lowest BCUT2D eigenvalue weighted by Crippen LogP contribution is -2.39. The first-order valence-electron chi connectivity index (χ1n) is 8.56. The molecule has 2 aliphatic heterocycles. The predicted octanol–water partition coefficient (Wildman–Crippen LogP) is 3.55. The number of nitrogens with zero attached hydrogens (tertiary/aromatic N) is 3. The van der Waals surface area contributed by atoms with Crippen molar-refractivity contribution in [1.82, 2.24) is 9.78 Å². The molecule has 130 valence electrons. The van der Waals surface area contributed by atoms with Gasteiger partial charge < -0.3 is 15.4 Å². The van der Waals surface area contributed by atoms with Crippen molar-refractivity contribution in [3.8, 4) is 0 Å². The van der Waals surface area contributed by atoms with Gasteiger partial charge >= 0.3 is 0 Å². The maximum Gasteiger partial charge on any atom is 0.251 e. The zero-order valence-electron chi connectivity index (χ0n) is 13.5. The molecule has 0 saturated carbocycles. The molecule has 5 nitrogen and oxygen atoms in total. The fraction of sp³-hybridized carbons (Fsp3) is 0.588. The summed E-state index contributed by atoms with van der Waals surface area (Å²) in [6.07, 6.45) is 2.72. The highest BCUT2D eigenvalue weighted by molar-refractivity contribution is 5.93. The van der Waals surface area contributed by atoms with Crippen molar-refractivity contribution >= 4 is 22.4 Å². The van der Waals surface area contributed by atoms with Crippen LogP contribution in [0.3, 0.4) is 0 Å². The van der Waals surface area contributed by atoms with Crippen LogP contribution in [0.5, 0.6) is 0 Å². The Labute approximate surface area is 139 Å². The van der Waals surface area contributed by atoms with Gasteiger partial charge in [0, 0.05) is 43.6 Å². The highest BCUT2D eigenvalue weighted by Gasteiger charge is 2.35. The van der Waals surface area contributed by atoms with Crippen molar-refractivity contribution in [2.24, 2.45) is 0 Å². The summed E-state index contributed by atoms with van der Waals surface area (Å²) in [4.78, 5) is 1.94. The topological polar surface area (TPSA) is 56.3 Å². The minimum atomic E-state index is -2.57. The Kier molecular flexibility index (Phi) is 3.83. The van der Waals surface area contributed by atoms with Crippen LogP contribution in [0.25, 0.3) is 10.9 Å². The lowest BCUT2D eigenvalue weighted by atomic mass is 10.1. The number of hydrogen-bond donors (Lipinski definition) is 1. The zero-order chi connectivity index (χ0) is 16.7. The van der Waals surface area contributed by atoms with E-state index in [9.17, 15) is 8.78 Å². The number of rotatable bonds is 2. The average molecular weight is 336 g/mol. The molecule has 7 heteroatoms. The number of nitrogen functional groups attached to an aromatic ring is 1. The van der Waals surface area contributed by atoms with Crippen molar-refractivity contribution in [3.63, 3.8) is 0 Å². The molecule has 2 fully saturated rings. The SMILES string of the molecule is Nc1ccc2c(c1)c(N1CCC(F)(F)CC1)nn2C1CCCCO1. The van der Waals surface area contributed by atoms with E-state index >= 15 is 0 Å². The third-order valence-corrected chi connectivity index (χ3v) is 4.93. The Balaban J connectivity index is 1.73. The number of fused-ring (bicyclic) bond motifs is 1. The molecule has 1 aromatic heterocycles. The summed E-state index contributed by atoms with van der Waals surface area (Å²) >= 11 is 0. The first-order chi connectivity index (χ1) is 11.5. The molecular weight excluding hydrogens is 314 g/mol. The Bertz CT molecular complexity index is 730. The minimum Gasteiger partial charge on any atom is -0.399 e. The molecular formula is C17H22F2N4O. The number of hydrogen-bond acceptors (Lipinski definition) is 4. The van der Waals surface area contributed by atoms with E-state index in [2.05, 4.69) is 0 Å². The molecule has 0 spiro atoms. The number of ether oxygens (including phenoxy) is 1. The molecule has 2 aromatic rings. The predicted molar refractivity (Wildman–Crippen MR) is 89.4 cm³/mol. The number of piperidine rings is 1. The second-order valence-electron chi connectivity index (χ2n) is 6.71. The van der Waals surface area contributed by atoms with Crippen LogP contribution in [0.4, 0.5) is 20.3 Å². The van der Waals surface area contributed by atoms with Crippen molar-refractivity contribution in [2.45, 2.75) is 44.3 Å². The van der Waals surface area contributed by atoms with E-state index < -0.39 is 5.92 Å². The number of alkyl halides is 2. The summed E-state index contributed by atoms with van der Waals surface area (Å²) < 4.78 is 34.7. The van der Waals surface area contributed by atoms with Crippen LogP contribution in [0, 0.1) is 0 Å². The van der Waals surface area contributed by atoms with Gasteiger partial charge in [-0.1, -0.05) is 0 Å². The Morgan fingerprint density at radius 2 is 2.00 bits per heavy atom. The molecule has 24 heavy (non-hydrogen) atoms. The maximum absolute atomic E-state index is 13.5. The van der Waals surface area contributed by atoms with Crippen LogP contribution >= 0.6 is 0 Å². The Morgan fingerprint density at radius 3 is 2.71 bits per heavy atom. The summed E-state index contributed by atoms with van der Waals surface area (Å²) in [5.74, 6) is -1.83. The largest absolute Gasteiger partial charge is 0.399 e. The lowest BCUT2D eigenvalue weighted by Gasteiger charge is -2.32. The molecule has 2 saturated heterocycles. The van der Waals surface area contributed by atoms with Gasteiger partial charge in [0.1, 0.15) is 0 Å². The van der Waals surface area contributed by atoms with E-state index in [0.717, 1.165) is 42.6 Å². The van der Waals surface area contributed by atoms with Crippen LogP contribution in [0.1, 0.15) is 38.3 Å². The van der Waals surface area contributed by atoms with Gasteiger partial charge in [-0.25, -0.2) is 13.5 Å². The maximum atomic E-state index is 13.5. The van der Waals surface area contributed by atoms with Gasteiger partial charge in [-0.15, -0.1) is 0 Å². The van der Waals surface area contributed by atoms with E-state index in [1.54, 1.807) is 0 Å². The summed E-state index contributed by atoms with van der Waals surface area (Å²) in [6.45, 7) is 1.34. The number of aromatic nitrogens is 2. The fourth-order valence-electron chi connectivity index (χ4n) is 3.56. The second kappa shape index (κ2) is 5.88. The molecule has 2 aliphatic rings. The standard InChI is InChI=1S/C17H22F2N4O/c18-17(19)6-8-22(9-7-17)16-13-11-12(20)4-5-14(13)23(21-16)15-3-1-2-10-24-15/h4-5,11,15H,1-3,6-10,20H2. The summed E-state index contributed by atoms with van der Waals surface area (Å²) in [7, 11) is 0. The summed E-state index contributed by atoms with van der Waals surface area (Å²) in [5.41, 5.74) is 7.54. The van der Waals surface area contributed by atoms with Crippen LogP contribution in [-0.4, -0.2) is 35.4 Å². The van der Waals surface area contributed by atoms with E-state index in [1.807, 2.05) is 27.8 Å². The summed E-state index contributed by atoms with van der Waals surface area (Å²) in [6, 6.07) is 5.67. The molecule has 1 aromatic carbocycles. The highest BCUT2D eigenvalue weighted by Crippen LogP contribution is 2.36. The molecule has 1 atom stereocenters. The lowest BCUT2D eigenvalue weighted by molar-refractivity contribution is -0.0369. The normalized spacial score (nSPS) is 24.4. The smallest absolute Gasteiger partial charge is 0.251 e. The molecule has 0 amide bonds. The monoisotopic (exact) mass is 336 g/mol. The number of anilines is 2. The third-order valence-electron chi connectivity index (χ3n) is 4.93. The van der Waals surface area contributed by atoms with Crippen molar-refractivity contribution in [2.75, 3.05) is 30.3 Å². The zero-order valence-corrected chi connectivity index (χ0v) is 13.5. The minimum absolute atomic E-state index is 0.0927. The second-order valence-corrected chi connectivity index (χ2v) is 6.71. The van der Waals surface area contributed by atoms with Gasteiger partial charge in [0.15, 0.2) is 12.0 Å². The highest BCUT2D eigenvalue weighted by atomic mass is 19.3. The van der Waals surface area contributed by atoms with Gasteiger partial charge in [0.2, 0.25) is 0 Å². The Hall–Kier alpha value is -1.89.